The molecule has 1 saturated heterocycles. The van der Waals surface area contributed by atoms with E-state index in [9.17, 15) is 17.6 Å². The molecule has 0 radical (unpaired) electrons. The average Bonchev–Trinajstić information content (AvgIpc) is 3.02. The Labute approximate surface area is 183 Å². The van der Waals surface area contributed by atoms with Gasteiger partial charge in [0.15, 0.2) is 16.7 Å². The molecule has 1 amide bonds. The molecule has 1 fully saturated rings. The molecule has 0 aliphatic carbocycles. The minimum Gasteiger partial charge on any atom is -0.493 e. The minimum atomic E-state index is -4.14. The van der Waals surface area contributed by atoms with Gasteiger partial charge in [-0.25, -0.2) is 4.39 Å². The number of carbonyl (C=O) groups excluding carboxylic acids is 1. The van der Waals surface area contributed by atoms with Crippen LogP contribution in [-0.2, 0) is 14.8 Å². The summed E-state index contributed by atoms with van der Waals surface area (Å²) in [5.41, 5.74) is 0.662. The summed E-state index contributed by atoms with van der Waals surface area (Å²) in [6, 6.07) is 9.44. The highest BCUT2D eigenvalue weighted by molar-refractivity contribution is 8.19. The molecule has 7 nitrogen and oxygen atoms in total. The number of sulfonamides is 1. The van der Waals surface area contributed by atoms with Crippen LogP contribution in [0.1, 0.15) is 5.56 Å². The third kappa shape index (κ3) is 4.97. The largest absolute Gasteiger partial charge is 0.493 e. The van der Waals surface area contributed by atoms with Gasteiger partial charge in [0.25, 0.3) is 15.9 Å². The number of amides is 1. The average molecular weight is 463 g/mol. The number of nitrogens with zero attached hydrogens (tertiary/aromatic N) is 2. The molecule has 1 heterocycles. The van der Waals surface area contributed by atoms with Crippen LogP contribution in [0.3, 0.4) is 0 Å². The maximum absolute atomic E-state index is 13.1. The molecule has 0 atom stereocenters. The van der Waals surface area contributed by atoms with E-state index in [4.69, 9.17) is 9.47 Å². The normalized spacial score (nSPS) is 16.7. The fourth-order valence-electron chi connectivity index (χ4n) is 2.72. The van der Waals surface area contributed by atoms with Gasteiger partial charge in [0, 0.05) is 6.54 Å². The molecule has 0 saturated carbocycles. The summed E-state index contributed by atoms with van der Waals surface area (Å²) < 4.78 is 52.7. The predicted molar refractivity (Wildman–Crippen MR) is 118 cm³/mol. The first kappa shape index (κ1) is 22.6. The van der Waals surface area contributed by atoms with E-state index in [1.807, 2.05) is 0 Å². The lowest BCUT2D eigenvalue weighted by molar-refractivity contribution is -0.121. The van der Waals surface area contributed by atoms with Crippen molar-refractivity contribution >= 4 is 38.9 Å². The van der Waals surface area contributed by atoms with Gasteiger partial charge in [0.2, 0.25) is 0 Å². The summed E-state index contributed by atoms with van der Waals surface area (Å²) in [7, 11) is -1.12. The van der Waals surface area contributed by atoms with Gasteiger partial charge in [-0.3, -0.25) is 9.69 Å². The van der Waals surface area contributed by atoms with Crippen LogP contribution in [0.15, 0.2) is 69.3 Å². The van der Waals surface area contributed by atoms with E-state index in [-0.39, 0.29) is 21.5 Å². The van der Waals surface area contributed by atoms with Gasteiger partial charge in [-0.15, -0.1) is 11.0 Å². The number of thioether (sulfide) groups is 1. The standard InChI is InChI=1S/C21H19FN2O5S2/c1-4-11-24-20(25)19(13-14-5-10-17(28-2)18(12-14)29-3)30-21(24)23-31(26,27)16-8-6-15(22)7-9-16/h4-10,12-13H,1,11H2,2-3H3/b19-13-,23-21+. The van der Waals surface area contributed by atoms with Crippen LogP contribution < -0.4 is 9.47 Å². The van der Waals surface area contributed by atoms with Gasteiger partial charge in [0.05, 0.1) is 24.0 Å². The highest BCUT2D eigenvalue weighted by Gasteiger charge is 2.34. The molecule has 1 aliphatic heterocycles. The number of methoxy groups -OCH3 is 2. The van der Waals surface area contributed by atoms with Crippen molar-refractivity contribution in [1.82, 2.24) is 4.90 Å². The van der Waals surface area contributed by atoms with Crippen molar-refractivity contribution < 1.29 is 27.1 Å². The van der Waals surface area contributed by atoms with Crippen LogP contribution in [-0.4, -0.2) is 45.2 Å². The Bertz CT molecular complexity index is 1170. The lowest BCUT2D eigenvalue weighted by atomic mass is 10.2. The topological polar surface area (TPSA) is 85.3 Å². The van der Waals surface area contributed by atoms with Crippen LogP contribution in [0.4, 0.5) is 4.39 Å². The van der Waals surface area contributed by atoms with Crippen molar-refractivity contribution in [1.29, 1.82) is 0 Å². The Morgan fingerprint density at radius 1 is 1.13 bits per heavy atom. The highest BCUT2D eigenvalue weighted by atomic mass is 32.2. The molecule has 2 aromatic rings. The van der Waals surface area contributed by atoms with Crippen molar-refractivity contribution in [2.45, 2.75) is 4.90 Å². The van der Waals surface area contributed by atoms with E-state index in [0.717, 1.165) is 36.0 Å². The first-order valence-electron chi connectivity index (χ1n) is 8.94. The third-order valence-electron chi connectivity index (χ3n) is 4.21. The summed E-state index contributed by atoms with van der Waals surface area (Å²) in [4.78, 5) is 14.2. The van der Waals surface area contributed by atoms with Gasteiger partial charge in [-0.2, -0.15) is 8.42 Å². The molecular weight excluding hydrogens is 443 g/mol. The fraction of sp³-hybridized carbons (Fsp3) is 0.143. The second-order valence-corrected chi connectivity index (χ2v) is 8.85. The molecule has 0 N–H and O–H groups in total. The number of hydrogen-bond acceptors (Lipinski definition) is 6. The summed E-state index contributed by atoms with van der Waals surface area (Å²) in [6.45, 7) is 3.69. The van der Waals surface area contributed by atoms with Crippen molar-refractivity contribution in [2.24, 2.45) is 4.40 Å². The zero-order valence-corrected chi connectivity index (χ0v) is 18.4. The maximum atomic E-state index is 13.1. The van der Waals surface area contributed by atoms with E-state index < -0.39 is 21.7 Å². The van der Waals surface area contributed by atoms with Crippen molar-refractivity contribution in [3.8, 4) is 11.5 Å². The first-order chi connectivity index (χ1) is 14.8. The van der Waals surface area contributed by atoms with Crippen molar-refractivity contribution in [2.75, 3.05) is 20.8 Å². The van der Waals surface area contributed by atoms with Crippen LogP contribution in [0, 0.1) is 5.82 Å². The number of hydrogen-bond donors (Lipinski definition) is 0. The molecule has 0 aromatic heterocycles. The molecule has 1 aliphatic rings. The molecule has 0 unspecified atom stereocenters. The number of halogens is 1. The smallest absolute Gasteiger partial charge is 0.284 e. The number of carbonyl (C=O) groups is 1. The SMILES string of the molecule is C=CCN1C(=O)/C(=C/c2ccc(OC)c(OC)c2)S/C1=N/S(=O)(=O)c1ccc(F)cc1. The van der Waals surface area contributed by atoms with Gasteiger partial charge in [-0.1, -0.05) is 12.1 Å². The first-order valence-corrected chi connectivity index (χ1v) is 11.2. The Kier molecular flexibility index (Phi) is 6.81. The summed E-state index contributed by atoms with van der Waals surface area (Å²) in [5.74, 6) is 0.0530. The van der Waals surface area contributed by atoms with E-state index in [1.54, 1.807) is 24.3 Å². The summed E-state index contributed by atoms with van der Waals surface area (Å²) in [6.07, 6.45) is 3.08. The number of ether oxygens (including phenoxy) is 2. The highest BCUT2D eigenvalue weighted by Crippen LogP contribution is 2.35. The molecular formula is C21H19FN2O5S2. The lowest BCUT2D eigenvalue weighted by Crippen LogP contribution is -2.29. The van der Waals surface area contributed by atoms with E-state index in [1.165, 1.54) is 25.2 Å². The third-order valence-corrected chi connectivity index (χ3v) is 6.62. The predicted octanol–water partition coefficient (Wildman–Crippen LogP) is 3.69. The second kappa shape index (κ2) is 9.36. The fourth-order valence-corrected chi connectivity index (χ4v) is 4.91. The molecule has 0 bridgehead atoms. The zero-order valence-electron chi connectivity index (χ0n) is 16.7. The Morgan fingerprint density at radius 2 is 1.81 bits per heavy atom. The quantitative estimate of drug-likeness (QED) is 0.461. The lowest BCUT2D eigenvalue weighted by Gasteiger charge is -2.12. The van der Waals surface area contributed by atoms with Crippen molar-refractivity contribution in [3.05, 3.63) is 71.4 Å². The zero-order chi connectivity index (χ0) is 22.6. The summed E-state index contributed by atoms with van der Waals surface area (Å²) >= 11 is 0.924. The Balaban J connectivity index is 1.99. The number of rotatable bonds is 7. The molecule has 3 rings (SSSR count). The van der Waals surface area contributed by atoms with Crippen LogP contribution in [0.2, 0.25) is 0 Å². The Hall–Kier alpha value is -3.11. The van der Waals surface area contributed by atoms with Crippen LogP contribution in [0.5, 0.6) is 11.5 Å². The van der Waals surface area contributed by atoms with Gasteiger partial charge in [-0.05, 0) is 59.8 Å². The van der Waals surface area contributed by atoms with E-state index >= 15 is 0 Å². The molecule has 2 aromatic carbocycles. The second-order valence-electron chi connectivity index (χ2n) is 6.23. The van der Waals surface area contributed by atoms with Crippen molar-refractivity contribution in [3.63, 3.8) is 0 Å². The molecule has 31 heavy (non-hydrogen) atoms. The van der Waals surface area contributed by atoms with Gasteiger partial charge in [0.1, 0.15) is 5.82 Å². The summed E-state index contributed by atoms with van der Waals surface area (Å²) in [5, 5.41) is -0.0130. The van der Waals surface area contributed by atoms with Crippen LogP contribution in [0.25, 0.3) is 6.08 Å². The van der Waals surface area contributed by atoms with E-state index in [0.29, 0.717) is 17.1 Å². The Morgan fingerprint density at radius 3 is 2.42 bits per heavy atom. The molecule has 0 spiro atoms. The molecule has 162 valence electrons. The van der Waals surface area contributed by atoms with E-state index in [2.05, 4.69) is 11.0 Å². The number of benzene rings is 2. The molecule has 10 heteroatoms. The maximum Gasteiger partial charge on any atom is 0.284 e. The monoisotopic (exact) mass is 462 g/mol. The van der Waals surface area contributed by atoms with Crippen LogP contribution >= 0.6 is 11.8 Å². The number of amidine groups is 1. The van der Waals surface area contributed by atoms with Gasteiger partial charge >= 0.3 is 0 Å². The van der Waals surface area contributed by atoms with Gasteiger partial charge < -0.3 is 9.47 Å². The minimum absolute atomic E-state index is 0.0130.